The van der Waals surface area contributed by atoms with Crippen molar-refractivity contribution in [3.05, 3.63) is 41.7 Å². The summed E-state index contributed by atoms with van der Waals surface area (Å²) in [5.41, 5.74) is 2.24. The van der Waals surface area contributed by atoms with Crippen molar-refractivity contribution in [3.63, 3.8) is 0 Å². The minimum Gasteiger partial charge on any atom is -0.461 e. The molecule has 3 heterocycles. The Hall–Kier alpha value is -2.37. The van der Waals surface area contributed by atoms with Gasteiger partial charge in [-0.3, -0.25) is 9.78 Å². The lowest BCUT2D eigenvalue weighted by Gasteiger charge is -2.11. The Morgan fingerprint density at radius 3 is 2.86 bits per heavy atom. The zero-order valence-corrected chi connectivity index (χ0v) is 18.7. The maximum absolute atomic E-state index is 5.30. The second kappa shape index (κ2) is 10.8. The van der Waals surface area contributed by atoms with Crippen LogP contribution in [-0.2, 0) is 13.1 Å². The molecule has 10 heteroatoms. The Balaban J connectivity index is 0.00000280. The largest absolute Gasteiger partial charge is 0.461 e. The van der Waals surface area contributed by atoms with Gasteiger partial charge in [-0.15, -0.1) is 29.1 Å². The van der Waals surface area contributed by atoms with E-state index in [9.17, 15) is 0 Å². The Morgan fingerprint density at radius 1 is 1.32 bits per heavy atom. The van der Waals surface area contributed by atoms with Crippen LogP contribution >= 0.6 is 24.0 Å². The third-order valence-corrected chi connectivity index (χ3v) is 3.95. The second-order valence-corrected chi connectivity index (χ2v) is 6.21. The standard InChI is InChI=1S/C18H26N8O.HI/c1-4-19-18(20-8-6-9-26-14(3)11-13(2)25-26)21-12-16-22-17(24-23-16)15-7-5-10-27-15;/h5,7,10-11H,4,6,8-9,12H2,1-3H3,(H2,19,20,21)(H,22,23,24);1H. The minimum atomic E-state index is 0. The maximum Gasteiger partial charge on any atom is 0.216 e. The molecule has 3 N–H and O–H groups in total. The van der Waals surface area contributed by atoms with Crippen LogP contribution in [0.1, 0.15) is 30.6 Å². The van der Waals surface area contributed by atoms with Gasteiger partial charge in [0.25, 0.3) is 0 Å². The van der Waals surface area contributed by atoms with Gasteiger partial charge in [0, 0.05) is 25.3 Å². The number of aromatic nitrogens is 5. The number of rotatable bonds is 8. The quantitative estimate of drug-likeness (QED) is 0.191. The van der Waals surface area contributed by atoms with Crippen molar-refractivity contribution < 1.29 is 4.42 Å². The average Bonchev–Trinajstić information content (AvgIpc) is 3.38. The summed E-state index contributed by atoms with van der Waals surface area (Å²) in [6.45, 7) is 9.00. The van der Waals surface area contributed by atoms with Crippen LogP contribution in [0.15, 0.2) is 33.9 Å². The van der Waals surface area contributed by atoms with E-state index in [0.29, 0.717) is 24.0 Å². The van der Waals surface area contributed by atoms with Gasteiger partial charge >= 0.3 is 0 Å². The fraction of sp³-hybridized carbons (Fsp3) is 0.444. The monoisotopic (exact) mass is 498 g/mol. The highest BCUT2D eigenvalue weighted by Gasteiger charge is 2.08. The van der Waals surface area contributed by atoms with E-state index in [1.165, 1.54) is 5.69 Å². The Kier molecular flexibility index (Phi) is 8.48. The Bertz CT molecular complexity index is 868. The normalized spacial score (nSPS) is 11.3. The van der Waals surface area contributed by atoms with E-state index in [1.807, 2.05) is 30.7 Å². The number of furan rings is 1. The van der Waals surface area contributed by atoms with Crippen LogP contribution in [0.2, 0.25) is 0 Å². The molecule has 0 unspecified atom stereocenters. The number of aromatic amines is 1. The first kappa shape index (κ1) is 21.9. The van der Waals surface area contributed by atoms with Crippen LogP contribution in [0, 0.1) is 13.8 Å². The Morgan fingerprint density at radius 2 is 2.18 bits per heavy atom. The van der Waals surface area contributed by atoms with Crippen molar-refractivity contribution in [2.75, 3.05) is 13.1 Å². The van der Waals surface area contributed by atoms with Crippen LogP contribution in [0.5, 0.6) is 0 Å². The fourth-order valence-corrected chi connectivity index (χ4v) is 2.71. The van der Waals surface area contributed by atoms with Crippen LogP contribution in [-0.4, -0.2) is 44.0 Å². The number of H-pyrrole nitrogens is 1. The van der Waals surface area contributed by atoms with Gasteiger partial charge < -0.3 is 15.1 Å². The molecule has 0 aliphatic rings. The van der Waals surface area contributed by atoms with Crippen LogP contribution in [0.3, 0.4) is 0 Å². The number of nitrogens with one attached hydrogen (secondary N) is 3. The first-order valence-corrected chi connectivity index (χ1v) is 9.14. The number of hydrogen-bond acceptors (Lipinski definition) is 5. The molecule has 0 saturated heterocycles. The molecule has 3 rings (SSSR count). The third-order valence-electron chi connectivity index (χ3n) is 3.95. The lowest BCUT2D eigenvalue weighted by Crippen LogP contribution is -2.38. The third kappa shape index (κ3) is 6.08. The zero-order valence-electron chi connectivity index (χ0n) is 16.4. The molecule has 0 aromatic carbocycles. The van der Waals surface area contributed by atoms with Crippen molar-refractivity contribution in [1.29, 1.82) is 0 Å². The van der Waals surface area contributed by atoms with Crippen molar-refractivity contribution in [1.82, 2.24) is 35.6 Å². The minimum absolute atomic E-state index is 0. The molecule has 28 heavy (non-hydrogen) atoms. The molecule has 0 aliphatic heterocycles. The van der Waals surface area contributed by atoms with Gasteiger partial charge in [-0.2, -0.15) is 5.10 Å². The van der Waals surface area contributed by atoms with E-state index >= 15 is 0 Å². The number of aliphatic imine (C=N–C) groups is 1. The SMILES string of the molecule is CCNC(=NCc1nc(-c2ccco2)n[nH]1)NCCCn1nc(C)cc1C.I. The maximum atomic E-state index is 5.30. The van der Waals surface area contributed by atoms with Gasteiger partial charge in [0.15, 0.2) is 11.7 Å². The van der Waals surface area contributed by atoms with Gasteiger partial charge in [0.2, 0.25) is 5.82 Å². The molecule has 0 atom stereocenters. The van der Waals surface area contributed by atoms with Gasteiger partial charge in [-0.25, -0.2) is 9.98 Å². The molecule has 0 fully saturated rings. The number of nitrogens with zero attached hydrogens (tertiary/aromatic N) is 5. The fourth-order valence-electron chi connectivity index (χ4n) is 2.71. The molecule has 3 aromatic heterocycles. The summed E-state index contributed by atoms with van der Waals surface area (Å²) < 4.78 is 7.33. The summed E-state index contributed by atoms with van der Waals surface area (Å²) in [5.74, 6) is 2.60. The summed E-state index contributed by atoms with van der Waals surface area (Å²) in [4.78, 5) is 8.95. The summed E-state index contributed by atoms with van der Waals surface area (Å²) in [7, 11) is 0. The van der Waals surface area contributed by atoms with Gasteiger partial charge in [-0.05, 0) is 45.4 Å². The molecule has 0 aliphatic carbocycles. The molecule has 0 radical (unpaired) electrons. The molecule has 3 aromatic rings. The molecular weight excluding hydrogens is 471 g/mol. The number of hydrogen-bond donors (Lipinski definition) is 3. The molecular formula is C18H27IN8O. The number of halogens is 1. The van der Waals surface area contributed by atoms with Crippen LogP contribution in [0.4, 0.5) is 0 Å². The Labute approximate surface area is 181 Å². The molecule has 0 bridgehead atoms. The molecule has 0 spiro atoms. The summed E-state index contributed by atoms with van der Waals surface area (Å²) in [6.07, 6.45) is 2.56. The van der Waals surface area contributed by atoms with Crippen molar-refractivity contribution in [3.8, 4) is 11.6 Å². The lowest BCUT2D eigenvalue weighted by atomic mass is 10.4. The van der Waals surface area contributed by atoms with Gasteiger partial charge in [0.1, 0.15) is 12.4 Å². The number of guanidine groups is 1. The molecule has 0 saturated carbocycles. The highest BCUT2D eigenvalue weighted by molar-refractivity contribution is 14.0. The smallest absolute Gasteiger partial charge is 0.216 e. The number of aryl methyl sites for hydroxylation is 3. The van der Waals surface area contributed by atoms with E-state index in [0.717, 1.165) is 37.7 Å². The lowest BCUT2D eigenvalue weighted by molar-refractivity contribution is 0.555. The molecule has 9 nitrogen and oxygen atoms in total. The van der Waals surface area contributed by atoms with E-state index in [1.54, 1.807) is 6.26 Å². The summed E-state index contributed by atoms with van der Waals surface area (Å²) in [5, 5.41) is 18.1. The van der Waals surface area contributed by atoms with Gasteiger partial charge in [0.05, 0.1) is 12.0 Å². The van der Waals surface area contributed by atoms with E-state index in [4.69, 9.17) is 4.42 Å². The predicted molar refractivity (Wildman–Crippen MR) is 119 cm³/mol. The van der Waals surface area contributed by atoms with E-state index < -0.39 is 0 Å². The first-order valence-electron chi connectivity index (χ1n) is 9.14. The van der Waals surface area contributed by atoms with Crippen molar-refractivity contribution in [2.45, 2.75) is 40.3 Å². The summed E-state index contributed by atoms with van der Waals surface area (Å²) in [6, 6.07) is 5.72. The molecule has 152 valence electrons. The van der Waals surface area contributed by atoms with Crippen LogP contribution in [0.25, 0.3) is 11.6 Å². The average molecular weight is 498 g/mol. The predicted octanol–water partition coefficient (Wildman–Crippen LogP) is 2.64. The highest BCUT2D eigenvalue weighted by atomic mass is 127. The van der Waals surface area contributed by atoms with Gasteiger partial charge in [-0.1, -0.05) is 0 Å². The van der Waals surface area contributed by atoms with Crippen molar-refractivity contribution >= 4 is 29.9 Å². The van der Waals surface area contributed by atoms with E-state index in [-0.39, 0.29) is 24.0 Å². The van der Waals surface area contributed by atoms with E-state index in [2.05, 4.69) is 48.9 Å². The van der Waals surface area contributed by atoms with Crippen LogP contribution < -0.4 is 10.6 Å². The topological polar surface area (TPSA) is 109 Å². The summed E-state index contributed by atoms with van der Waals surface area (Å²) >= 11 is 0. The highest BCUT2D eigenvalue weighted by Crippen LogP contribution is 2.14. The zero-order chi connectivity index (χ0) is 19.1. The van der Waals surface area contributed by atoms with Crippen molar-refractivity contribution in [2.24, 2.45) is 4.99 Å². The first-order chi connectivity index (χ1) is 13.2. The molecule has 0 amide bonds. The second-order valence-electron chi connectivity index (χ2n) is 6.21.